The van der Waals surface area contributed by atoms with Crippen molar-refractivity contribution in [1.82, 2.24) is 16.1 Å². The van der Waals surface area contributed by atoms with Crippen molar-refractivity contribution in [1.29, 1.82) is 0 Å². The molecule has 2 aliphatic rings. The maximum absolute atomic E-state index is 14.0. The number of nitrogens with one attached hydrogen (secondary N) is 3. The predicted octanol–water partition coefficient (Wildman–Crippen LogP) is 2.51. The minimum absolute atomic E-state index is 0.269. The van der Waals surface area contributed by atoms with Crippen molar-refractivity contribution in [3.8, 4) is 0 Å². The molecule has 3 amide bonds. The predicted molar refractivity (Wildman–Crippen MR) is 117 cm³/mol. The average molecular weight is 531 g/mol. The molecule has 0 aromatic heterocycles. The SMILES string of the molecule is CNC(=O)C(=O)N[C@@H](C)CC1(OC)CCC2(CC1)OC(=O)NN=C2c1cc(F)c(F)cc1Br. The van der Waals surface area contributed by atoms with Crippen LogP contribution < -0.4 is 16.1 Å². The minimum atomic E-state index is -1.16. The van der Waals surface area contributed by atoms with E-state index in [1.165, 1.54) is 7.05 Å². The number of hydrazone groups is 1. The van der Waals surface area contributed by atoms with Crippen LogP contribution in [0.15, 0.2) is 21.7 Å². The molecular weight excluding hydrogens is 506 g/mol. The summed E-state index contributed by atoms with van der Waals surface area (Å²) in [5.74, 6) is -3.55. The van der Waals surface area contributed by atoms with E-state index < -0.39 is 40.7 Å². The zero-order valence-corrected chi connectivity index (χ0v) is 20.0. The van der Waals surface area contributed by atoms with Crippen LogP contribution in [0, 0.1) is 11.6 Å². The Labute approximate surface area is 197 Å². The van der Waals surface area contributed by atoms with Gasteiger partial charge in [-0.3, -0.25) is 9.59 Å². The summed E-state index contributed by atoms with van der Waals surface area (Å²) in [4.78, 5) is 35.4. The van der Waals surface area contributed by atoms with Crippen LogP contribution >= 0.6 is 15.9 Å². The maximum Gasteiger partial charge on any atom is 0.428 e. The third-order valence-electron chi connectivity index (χ3n) is 6.13. The summed E-state index contributed by atoms with van der Waals surface area (Å²) in [6.07, 6.45) is 1.13. The molecule has 1 aliphatic carbocycles. The van der Waals surface area contributed by atoms with Crippen LogP contribution in [-0.4, -0.2) is 55.0 Å². The third-order valence-corrected chi connectivity index (χ3v) is 6.79. The fourth-order valence-electron chi connectivity index (χ4n) is 4.41. The normalized spacial score (nSPS) is 25.5. The Bertz CT molecular complexity index is 995. The first-order valence-electron chi connectivity index (χ1n) is 10.3. The molecule has 3 N–H and O–H groups in total. The average Bonchev–Trinajstić information content (AvgIpc) is 2.78. The van der Waals surface area contributed by atoms with Crippen molar-refractivity contribution in [3.05, 3.63) is 33.8 Å². The number of ether oxygens (including phenoxy) is 2. The highest BCUT2D eigenvalue weighted by molar-refractivity contribution is 9.10. The lowest BCUT2D eigenvalue weighted by molar-refractivity contribution is -0.139. The third kappa shape index (κ3) is 5.16. The molecule has 1 fully saturated rings. The molecule has 1 aromatic rings. The Morgan fingerprint density at radius 2 is 1.88 bits per heavy atom. The van der Waals surface area contributed by atoms with Gasteiger partial charge in [0, 0.05) is 30.2 Å². The molecule has 0 saturated heterocycles. The van der Waals surface area contributed by atoms with Crippen LogP contribution in [0.2, 0.25) is 0 Å². The number of carbonyl (C=O) groups excluding carboxylic acids is 3. The Balaban J connectivity index is 1.82. The fourth-order valence-corrected chi connectivity index (χ4v) is 4.92. The van der Waals surface area contributed by atoms with Gasteiger partial charge >= 0.3 is 17.9 Å². The Morgan fingerprint density at radius 3 is 2.48 bits per heavy atom. The summed E-state index contributed by atoms with van der Waals surface area (Å²) in [5.41, 5.74) is 0.967. The van der Waals surface area contributed by atoms with E-state index in [4.69, 9.17) is 9.47 Å². The van der Waals surface area contributed by atoms with Crippen LogP contribution in [0.25, 0.3) is 0 Å². The van der Waals surface area contributed by atoms with Crippen molar-refractivity contribution in [2.45, 2.75) is 56.3 Å². The number of benzene rings is 1. The Hall–Kier alpha value is -2.60. The lowest BCUT2D eigenvalue weighted by Gasteiger charge is -2.47. The molecule has 1 spiro atoms. The van der Waals surface area contributed by atoms with Crippen molar-refractivity contribution >= 4 is 39.5 Å². The molecular formula is C21H25BrF2N4O5. The monoisotopic (exact) mass is 530 g/mol. The fraction of sp³-hybridized carbons (Fsp3) is 0.524. The number of methoxy groups -OCH3 is 1. The molecule has 1 saturated carbocycles. The van der Waals surface area contributed by atoms with Crippen LogP contribution in [0.1, 0.15) is 44.6 Å². The molecule has 0 radical (unpaired) electrons. The second-order valence-electron chi connectivity index (χ2n) is 8.25. The summed E-state index contributed by atoms with van der Waals surface area (Å²) < 4.78 is 39.4. The van der Waals surface area contributed by atoms with Gasteiger partial charge in [0.15, 0.2) is 17.2 Å². The van der Waals surface area contributed by atoms with E-state index in [9.17, 15) is 23.2 Å². The lowest BCUT2D eigenvalue weighted by Crippen LogP contribution is -2.56. The van der Waals surface area contributed by atoms with Gasteiger partial charge in [-0.05, 0) is 67.1 Å². The van der Waals surface area contributed by atoms with Crippen LogP contribution in [0.5, 0.6) is 0 Å². The number of halogens is 3. The van der Waals surface area contributed by atoms with Gasteiger partial charge in [0.1, 0.15) is 5.71 Å². The highest BCUT2D eigenvalue weighted by Crippen LogP contribution is 2.45. The number of carbonyl (C=O) groups is 3. The zero-order valence-electron chi connectivity index (χ0n) is 18.4. The summed E-state index contributed by atoms with van der Waals surface area (Å²) in [7, 11) is 2.93. The van der Waals surface area contributed by atoms with Gasteiger partial charge in [0.25, 0.3) is 0 Å². The zero-order chi connectivity index (χ0) is 24.4. The molecule has 1 heterocycles. The highest BCUT2D eigenvalue weighted by atomic mass is 79.9. The van der Waals surface area contributed by atoms with E-state index in [2.05, 4.69) is 37.1 Å². The van der Waals surface area contributed by atoms with Gasteiger partial charge in [-0.15, -0.1) is 0 Å². The van der Waals surface area contributed by atoms with E-state index in [1.54, 1.807) is 14.0 Å². The van der Waals surface area contributed by atoms with Gasteiger partial charge in [0.2, 0.25) is 0 Å². The second kappa shape index (κ2) is 9.72. The molecule has 0 bridgehead atoms. The first kappa shape index (κ1) is 25.0. The van der Waals surface area contributed by atoms with Crippen molar-refractivity contribution < 1.29 is 32.6 Å². The first-order chi connectivity index (χ1) is 15.5. The molecule has 1 atom stereocenters. The highest BCUT2D eigenvalue weighted by Gasteiger charge is 2.51. The number of nitrogens with zero attached hydrogens (tertiary/aromatic N) is 1. The Kier molecular flexibility index (Phi) is 7.37. The van der Waals surface area contributed by atoms with Crippen LogP contribution in [0.4, 0.5) is 13.6 Å². The number of hydrogen-bond acceptors (Lipinski definition) is 6. The topological polar surface area (TPSA) is 118 Å². The lowest BCUT2D eigenvalue weighted by atomic mass is 9.70. The van der Waals surface area contributed by atoms with Gasteiger partial charge in [0.05, 0.1) is 5.60 Å². The van der Waals surface area contributed by atoms with Crippen molar-refractivity contribution in [2.75, 3.05) is 14.2 Å². The molecule has 1 aliphatic heterocycles. The van der Waals surface area contributed by atoms with Gasteiger partial charge in [-0.2, -0.15) is 5.10 Å². The molecule has 1 aromatic carbocycles. The van der Waals surface area contributed by atoms with E-state index in [0.717, 1.165) is 12.1 Å². The number of hydrogen-bond donors (Lipinski definition) is 3. The standard InChI is InChI=1S/C21H25BrF2N4O5/c1-11(26-18(30)17(29)25-2)10-20(32-3)4-6-21(7-5-20)16(27-28-19(31)33-21)12-8-14(23)15(24)9-13(12)22/h8-9,11H,4-7,10H2,1-3H3,(H,25,29)(H,26,30)(H,28,31)/t11-,20?,21?/m0/s1. The van der Waals surface area contributed by atoms with E-state index in [0.29, 0.717) is 32.1 Å². The van der Waals surface area contributed by atoms with Gasteiger partial charge < -0.3 is 20.1 Å². The summed E-state index contributed by atoms with van der Waals surface area (Å²) in [6.45, 7) is 1.77. The number of rotatable bonds is 5. The van der Waals surface area contributed by atoms with E-state index in [-0.39, 0.29) is 21.8 Å². The van der Waals surface area contributed by atoms with Crippen molar-refractivity contribution in [2.24, 2.45) is 5.10 Å². The maximum atomic E-state index is 14.0. The molecule has 3 rings (SSSR count). The second-order valence-corrected chi connectivity index (χ2v) is 9.10. The molecule has 9 nitrogen and oxygen atoms in total. The Morgan fingerprint density at radius 1 is 1.24 bits per heavy atom. The molecule has 0 unspecified atom stereocenters. The van der Waals surface area contributed by atoms with Crippen molar-refractivity contribution in [3.63, 3.8) is 0 Å². The van der Waals surface area contributed by atoms with E-state index >= 15 is 0 Å². The van der Waals surface area contributed by atoms with Crippen LogP contribution in [-0.2, 0) is 19.1 Å². The minimum Gasteiger partial charge on any atom is -0.435 e. The number of likely N-dealkylation sites (N-methyl/N-ethyl adjacent to an activating group) is 1. The first-order valence-corrected chi connectivity index (χ1v) is 11.1. The quantitative estimate of drug-likeness (QED) is 0.399. The summed E-state index contributed by atoms with van der Waals surface area (Å²) in [5, 5.41) is 9.03. The van der Waals surface area contributed by atoms with Gasteiger partial charge in [-0.1, -0.05) is 0 Å². The number of amides is 3. The smallest absolute Gasteiger partial charge is 0.428 e. The largest absolute Gasteiger partial charge is 0.435 e. The molecule has 33 heavy (non-hydrogen) atoms. The van der Waals surface area contributed by atoms with Crippen LogP contribution in [0.3, 0.4) is 0 Å². The molecule has 180 valence electrons. The van der Waals surface area contributed by atoms with Gasteiger partial charge in [-0.25, -0.2) is 19.0 Å². The molecule has 12 heteroatoms. The summed E-state index contributed by atoms with van der Waals surface area (Å²) in [6, 6.07) is 1.64. The van der Waals surface area contributed by atoms with E-state index in [1.807, 2.05) is 0 Å². The summed E-state index contributed by atoms with van der Waals surface area (Å²) >= 11 is 3.24.